The minimum atomic E-state index is 0.180. The molecule has 5 nitrogen and oxygen atoms in total. The van der Waals surface area contributed by atoms with Gasteiger partial charge in [-0.1, -0.05) is 0 Å². The molecule has 0 aromatic heterocycles. The first kappa shape index (κ1) is 14.0. The minimum absolute atomic E-state index is 0.180. The van der Waals surface area contributed by atoms with E-state index < -0.39 is 0 Å². The van der Waals surface area contributed by atoms with E-state index in [1.54, 1.807) is 14.2 Å². The molecule has 2 rings (SSSR count). The quantitative estimate of drug-likeness (QED) is 0.800. The molecule has 0 spiro atoms. The summed E-state index contributed by atoms with van der Waals surface area (Å²) in [7, 11) is 3.35. The van der Waals surface area contributed by atoms with E-state index in [9.17, 15) is 0 Å². The molecule has 1 aromatic rings. The summed E-state index contributed by atoms with van der Waals surface area (Å²) in [4.78, 5) is 2.29. The SMILES string of the molecule is COc1ccc(OC)c(N2CCC(NCCO)C2)c1. The van der Waals surface area contributed by atoms with Crippen LogP contribution in [0.5, 0.6) is 11.5 Å². The van der Waals surface area contributed by atoms with Crippen molar-refractivity contribution in [3.05, 3.63) is 18.2 Å². The highest BCUT2D eigenvalue weighted by Crippen LogP contribution is 2.34. The molecule has 1 heterocycles. The van der Waals surface area contributed by atoms with Gasteiger partial charge in [-0.15, -0.1) is 0 Å². The average Bonchev–Trinajstić information content (AvgIpc) is 2.93. The van der Waals surface area contributed by atoms with Gasteiger partial charge in [-0.25, -0.2) is 0 Å². The van der Waals surface area contributed by atoms with Gasteiger partial charge in [0.05, 0.1) is 26.5 Å². The molecule has 2 N–H and O–H groups in total. The number of nitrogens with one attached hydrogen (secondary N) is 1. The van der Waals surface area contributed by atoms with E-state index >= 15 is 0 Å². The third kappa shape index (κ3) is 3.30. The standard InChI is InChI=1S/C14H22N2O3/c1-18-12-3-4-14(19-2)13(9-12)16-7-5-11(10-16)15-6-8-17/h3-4,9,11,15,17H,5-8,10H2,1-2H3. The van der Waals surface area contributed by atoms with Crippen molar-refractivity contribution in [2.75, 3.05) is 45.4 Å². The molecule has 1 atom stereocenters. The second-order valence-corrected chi connectivity index (χ2v) is 4.65. The van der Waals surface area contributed by atoms with Crippen LogP contribution >= 0.6 is 0 Å². The van der Waals surface area contributed by atoms with Gasteiger partial charge >= 0.3 is 0 Å². The Hall–Kier alpha value is -1.46. The van der Waals surface area contributed by atoms with Gasteiger partial charge in [0.25, 0.3) is 0 Å². The maximum Gasteiger partial charge on any atom is 0.142 e. The van der Waals surface area contributed by atoms with Gasteiger partial charge in [0.1, 0.15) is 11.5 Å². The molecule has 0 radical (unpaired) electrons. The molecule has 106 valence electrons. The van der Waals surface area contributed by atoms with Crippen LogP contribution < -0.4 is 19.7 Å². The number of ether oxygens (including phenoxy) is 2. The number of benzene rings is 1. The predicted molar refractivity (Wildman–Crippen MR) is 75.3 cm³/mol. The van der Waals surface area contributed by atoms with Crippen LogP contribution in [0, 0.1) is 0 Å². The molecule has 1 aliphatic heterocycles. The fraction of sp³-hybridized carbons (Fsp3) is 0.571. The number of methoxy groups -OCH3 is 2. The Bertz CT molecular complexity index is 412. The van der Waals surface area contributed by atoms with Crippen LogP contribution in [0.1, 0.15) is 6.42 Å². The summed E-state index contributed by atoms with van der Waals surface area (Å²) in [5, 5.41) is 12.2. The van der Waals surface area contributed by atoms with Crippen LogP contribution in [0.25, 0.3) is 0 Å². The molecule has 0 aliphatic carbocycles. The highest BCUT2D eigenvalue weighted by Gasteiger charge is 2.24. The summed E-state index contributed by atoms with van der Waals surface area (Å²) in [6, 6.07) is 6.26. The number of hydrogen-bond acceptors (Lipinski definition) is 5. The zero-order valence-corrected chi connectivity index (χ0v) is 11.6. The Morgan fingerprint density at radius 1 is 1.37 bits per heavy atom. The Morgan fingerprint density at radius 3 is 2.89 bits per heavy atom. The predicted octanol–water partition coefficient (Wildman–Crippen LogP) is 0.864. The second-order valence-electron chi connectivity index (χ2n) is 4.65. The maximum atomic E-state index is 8.85. The van der Waals surface area contributed by atoms with E-state index in [-0.39, 0.29) is 6.61 Å². The highest BCUT2D eigenvalue weighted by molar-refractivity contribution is 5.62. The molecule has 0 bridgehead atoms. The van der Waals surface area contributed by atoms with E-state index in [1.165, 1.54) is 0 Å². The first-order valence-electron chi connectivity index (χ1n) is 6.59. The third-order valence-electron chi connectivity index (χ3n) is 3.46. The van der Waals surface area contributed by atoms with E-state index in [4.69, 9.17) is 14.6 Å². The zero-order chi connectivity index (χ0) is 13.7. The Kier molecular flexibility index (Phi) is 4.87. The Labute approximate surface area is 114 Å². The van der Waals surface area contributed by atoms with E-state index in [1.807, 2.05) is 18.2 Å². The van der Waals surface area contributed by atoms with Crippen molar-refractivity contribution in [3.8, 4) is 11.5 Å². The lowest BCUT2D eigenvalue weighted by atomic mass is 10.2. The fourth-order valence-corrected chi connectivity index (χ4v) is 2.46. The molecule has 5 heteroatoms. The largest absolute Gasteiger partial charge is 0.497 e. The monoisotopic (exact) mass is 266 g/mol. The summed E-state index contributed by atoms with van der Waals surface area (Å²) < 4.78 is 10.7. The van der Waals surface area contributed by atoms with Crippen LogP contribution in [-0.2, 0) is 0 Å². The third-order valence-corrected chi connectivity index (χ3v) is 3.46. The van der Waals surface area contributed by atoms with Gasteiger partial charge in [0, 0.05) is 31.7 Å². The molecule has 19 heavy (non-hydrogen) atoms. The molecule has 0 saturated carbocycles. The van der Waals surface area contributed by atoms with Gasteiger partial charge in [-0.05, 0) is 18.6 Å². The summed E-state index contributed by atoms with van der Waals surface area (Å²) in [5.41, 5.74) is 1.06. The number of anilines is 1. The molecule has 0 amide bonds. The molecule has 1 aliphatic rings. The minimum Gasteiger partial charge on any atom is -0.497 e. The van der Waals surface area contributed by atoms with E-state index in [0.29, 0.717) is 12.6 Å². The van der Waals surface area contributed by atoms with Crippen molar-refractivity contribution in [2.24, 2.45) is 0 Å². The molecular formula is C14H22N2O3. The first-order chi connectivity index (χ1) is 9.28. The average molecular weight is 266 g/mol. The summed E-state index contributed by atoms with van der Waals surface area (Å²) in [6.45, 7) is 2.73. The molecule has 1 saturated heterocycles. The van der Waals surface area contributed by atoms with Gasteiger partial charge < -0.3 is 24.8 Å². The zero-order valence-electron chi connectivity index (χ0n) is 11.6. The van der Waals surface area contributed by atoms with Crippen LogP contribution in [0.15, 0.2) is 18.2 Å². The van der Waals surface area contributed by atoms with Crippen molar-refractivity contribution < 1.29 is 14.6 Å². The van der Waals surface area contributed by atoms with Crippen molar-refractivity contribution in [3.63, 3.8) is 0 Å². The molecule has 1 aromatic carbocycles. The summed E-state index contributed by atoms with van der Waals surface area (Å²) >= 11 is 0. The number of hydrogen-bond donors (Lipinski definition) is 2. The smallest absolute Gasteiger partial charge is 0.142 e. The maximum absolute atomic E-state index is 8.85. The van der Waals surface area contributed by atoms with Crippen molar-refractivity contribution in [2.45, 2.75) is 12.5 Å². The Morgan fingerprint density at radius 2 is 2.21 bits per heavy atom. The highest BCUT2D eigenvalue weighted by atomic mass is 16.5. The number of aliphatic hydroxyl groups excluding tert-OH is 1. The second kappa shape index (κ2) is 6.63. The van der Waals surface area contributed by atoms with Gasteiger partial charge in [0.2, 0.25) is 0 Å². The number of aliphatic hydroxyl groups is 1. The van der Waals surface area contributed by atoms with Crippen LogP contribution in [-0.4, -0.2) is 51.6 Å². The van der Waals surface area contributed by atoms with Crippen molar-refractivity contribution in [1.82, 2.24) is 5.32 Å². The summed E-state index contributed by atoms with van der Waals surface area (Å²) in [6.07, 6.45) is 1.07. The molecule has 1 fully saturated rings. The topological polar surface area (TPSA) is 54.0 Å². The number of nitrogens with zero attached hydrogens (tertiary/aromatic N) is 1. The van der Waals surface area contributed by atoms with E-state index in [2.05, 4.69) is 10.2 Å². The lowest BCUT2D eigenvalue weighted by molar-refractivity contribution is 0.286. The first-order valence-corrected chi connectivity index (χ1v) is 6.59. The lowest BCUT2D eigenvalue weighted by Gasteiger charge is -2.22. The van der Waals surface area contributed by atoms with E-state index in [0.717, 1.165) is 36.7 Å². The normalized spacial score (nSPS) is 18.7. The van der Waals surface area contributed by atoms with Gasteiger partial charge in [0.15, 0.2) is 0 Å². The van der Waals surface area contributed by atoms with Gasteiger partial charge in [-0.3, -0.25) is 0 Å². The molecule has 1 unspecified atom stereocenters. The van der Waals surface area contributed by atoms with Crippen LogP contribution in [0.4, 0.5) is 5.69 Å². The Balaban J connectivity index is 2.09. The van der Waals surface area contributed by atoms with Crippen molar-refractivity contribution in [1.29, 1.82) is 0 Å². The fourth-order valence-electron chi connectivity index (χ4n) is 2.46. The summed E-state index contributed by atoms with van der Waals surface area (Å²) in [5.74, 6) is 1.70. The van der Waals surface area contributed by atoms with Crippen LogP contribution in [0.3, 0.4) is 0 Å². The van der Waals surface area contributed by atoms with Crippen LogP contribution in [0.2, 0.25) is 0 Å². The molecular weight excluding hydrogens is 244 g/mol. The number of rotatable bonds is 6. The van der Waals surface area contributed by atoms with Crippen molar-refractivity contribution >= 4 is 5.69 Å². The lowest BCUT2D eigenvalue weighted by Crippen LogP contribution is -2.34. The van der Waals surface area contributed by atoms with Gasteiger partial charge in [-0.2, -0.15) is 0 Å².